The number of hydrogen-bond donors (Lipinski definition) is 2. The third-order valence-corrected chi connectivity index (χ3v) is 4.13. The zero-order valence-corrected chi connectivity index (χ0v) is 11.4. The van der Waals surface area contributed by atoms with E-state index in [9.17, 15) is 4.79 Å². The lowest BCUT2D eigenvalue weighted by atomic mass is 10.1. The summed E-state index contributed by atoms with van der Waals surface area (Å²) in [5.41, 5.74) is 0. The van der Waals surface area contributed by atoms with E-state index in [1.807, 2.05) is 11.4 Å². The summed E-state index contributed by atoms with van der Waals surface area (Å²) in [6.45, 7) is 2.25. The fourth-order valence-electron chi connectivity index (χ4n) is 2.36. The van der Waals surface area contributed by atoms with Gasteiger partial charge in [0.2, 0.25) is 5.91 Å². The highest BCUT2D eigenvalue weighted by Crippen LogP contribution is 2.28. The summed E-state index contributed by atoms with van der Waals surface area (Å²) < 4.78 is 0. The summed E-state index contributed by atoms with van der Waals surface area (Å²) >= 11 is 1.59. The zero-order chi connectivity index (χ0) is 13.2. The van der Waals surface area contributed by atoms with Crippen LogP contribution in [0, 0.1) is 0 Å². The number of thiophene rings is 1. The number of nitrogens with one attached hydrogen (secondary N) is 2. The molecule has 1 aliphatic rings. The number of piperazine rings is 1. The first-order chi connectivity index (χ1) is 9.31. The van der Waals surface area contributed by atoms with Crippen molar-refractivity contribution in [3.8, 4) is 0 Å². The van der Waals surface area contributed by atoms with Crippen LogP contribution in [0.5, 0.6) is 0 Å². The molecule has 1 amide bonds. The number of nitrogens with zero attached hydrogens (tertiary/aromatic N) is 3. The van der Waals surface area contributed by atoms with E-state index in [0.29, 0.717) is 6.54 Å². The van der Waals surface area contributed by atoms with E-state index in [1.54, 1.807) is 24.7 Å². The Hall–Kier alpha value is -1.73. The lowest BCUT2D eigenvalue weighted by molar-refractivity contribution is -0.122. The van der Waals surface area contributed by atoms with Crippen molar-refractivity contribution in [1.29, 1.82) is 0 Å². The van der Waals surface area contributed by atoms with Gasteiger partial charge in [-0.2, -0.15) is 0 Å². The Morgan fingerprint density at radius 2 is 2.47 bits per heavy atom. The molecule has 100 valence electrons. The second-order valence-electron chi connectivity index (χ2n) is 4.36. The number of carbonyl (C=O) groups excluding carboxylic acids is 1. The molecule has 1 atom stereocenters. The molecule has 0 radical (unpaired) electrons. The van der Waals surface area contributed by atoms with E-state index in [2.05, 4.69) is 25.5 Å². The molecule has 2 aromatic heterocycles. The Kier molecular flexibility index (Phi) is 3.31. The van der Waals surface area contributed by atoms with Crippen molar-refractivity contribution >= 4 is 33.3 Å². The summed E-state index contributed by atoms with van der Waals surface area (Å²) in [4.78, 5) is 23.6. The molecule has 0 saturated carbocycles. The second-order valence-corrected chi connectivity index (χ2v) is 5.26. The maximum absolute atomic E-state index is 12.0. The fourth-order valence-corrected chi connectivity index (χ4v) is 3.09. The van der Waals surface area contributed by atoms with Gasteiger partial charge in [-0.25, -0.2) is 9.97 Å². The predicted molar refractivity (Wildman–Crippen MR) is 75.5 cm³/mol. The molecule has 0 aromatic carbocycles. The molecule has 1 unspecified atom stereocenters. The van der Waals surface area contributed by atoms with Crippen LogP contribution >= 0.6 is 11.3 Å². The summed E-state index contributed by atoms with van der Waals surface area (Å²) in [6, 6.07) is 1.79. The van der Waals surface area contributed by atoms with Crippen molar-refractivity contribution in [3.05, 3.63) is 17.8 Å². The molecule has 1 saturated heterocycles. The highest BCUT2D eigenvalue weighted by molar-refractivity contribution is 7.16. The first kappa shape index (κ1) is 12.3. The second kappa shape index (κ2) is 5.10. The molecular formula is C12H15N5OS. The van der Waals surface area contributed by atoms with Crippen LogP contribution in [0.25, 0.3) is 10.2 Å². The summed E-state index contributed by atoms with van der Waals surface area (Å²) in [5, 5.41) is 8.98. The van der Waals surface area contributed by atoms with E-state index < -0.39 is 0 Å². The number of carbonyl (C=O) groups is 1. The largest absolute Gasteiger partial charge is 0.357 e. The van der Waals surface area contributed by atoms with Gasteiger partial charge in [0.25, 0.3) is 0 Å². The van der Waals surface area contributed by atoms with E-state index in [4.69, 9.17) is 0 Å². The number of rotatable bonds is 2. The van der Waals surface area contributed by atoms with Crippen LogP contribution in [0.4, 0.5) is 5.82 Å². The van der Waals surface area contributed by atoms with Gasteiger partial charge in [-0.3, -0.25) is 4.79 Å². The highest BCUT2D eigenvalue weighted by atomic mass is 32.1. The quantitative estimate of drug-likeness (QED) is 0.821. The van der Waals surface area contributed by atoms with Crippen LogP contribution in [0.15, 0.2) is 17.8 Å². The van der Waals surface area contributed by atoms with E-state index in [1.165, 1.54) is 0 Å². The smallest absolute Gasteiger partial charge is 0.243 e. The Morgan fingerprint density at radius 3 is 3.32 bits per heavy atom. The number of amides is 1. The minimum absolute atomic E-state index is 0.00851. The van der Waals surface area contributed by atoms with Gasteiger partial charge < -0.3 is 15.5 Å². The molecule has 1 fully saturated rings. The van der Waals surface area contributed by atoms with Crippen LogP contribution in [0.3, 0.4) is 0 Å². The van der Waals surface area contributed by atoms with Crippen LogP contribution in [0.2, 0.25) is 0 Å². The summed E-state index contributed by atoms with van der Waals surface area (Å²) in [6.07, 6.45) is 1.57. The van der Waals surface area contributed by atoms with Crippen molar-refractivity contribution in [2.75, 3.05) is 31.6 Å². The first-order valence-electron chi connectivity index (χ1n) is 6.18. The predicted octanol–water partition coefficient (Wildman–Crippen LogP) is 0.215. The van der Waals surface area contributed by atoms with Gasteiger partial charge in [-0.1, -0.05) is 0 Å². The van der Waals surface area contributed by atoms with Gasteiger partial charge in [0.1, 0.15) is 23.0 Å². The zero-order valence-electron chi connectivity index (χ0n) is 10.6. The molecule has 2 aromatic rings. The maximum Gasteiger partial charge on any atom is 0.243 e. The lowest BCUT2D eigenvalue weighted by Crippen LogP contribution is -2.58. The van der Waals surface area contributed by atoms with Crippen LogP contribution in [-0.4, -0.2) is 48.6 Å². The minimum Gasteiger partial charge on any atom is -0.357 e. The van der Waals surface area contributed by atoms with E-state index in [-0.39, 0.29) is 11.9 Å². The minimum atomic E-state index is -0.225. The summed E-state index contributed by atoms with van der Waals surface area (Å²) in [5.74, 6) is 0.857. The SMILES string of the molecule is CNC(=O)C1CNCCN1c1ncnc2sccc12. The standard InChI is InChI=1S/C12H15N5OS/c1-13-11(18)9-6-14-3-4-17(9)10-8-2-5-19-12(8)16-7-15-10/h2,5,7,9,14H,3-4,6H2,1H3,(H,13,18). The van der Waals surface area contributed by atoms with Gasteiger partial charge in [0.05, 0.1) is 5.39 Å². The average molecular weight is 277 g/mol. The molecule has 3 heterocycles. The van der Waals surface area contributed by atoms with Gasteiger partial charge >= 0.3 is 0 Å². The average Bonchev–Trinajstić information content (AvgIpc) is 2.94. The Labute approximate surface area is 114 Å². The third-order valence-electron chi connectivity index (χ3n) is 3.31. The molecular weight excluding hydrogens is 262 g/mol. The van der Waals surface area contributed by atoms with E-state index >= 15 is 0 Å². The number of fused-ring (bicyclic) bond motifs is 1. The van der Waals surface area contributed by atoms with Crippen molar-refractivity contribution in [2.24, 2.45) is 0 Å². The van der Waals surface area contributed by atoms with Crippen LogP contribution < -0.4 is 15.5 Å². The molecule has 3 rings (SSSR count). The van der Waals surface area contributed by atoms with Crippen molar-refractivity contribution < 1.29 is 4.79 Å². The number of likely N-dealkylation sites (N-methyl/N-ethyl adjacent to an activating group) is 1. The topological polar surface area (TPSA) is 70.2 Å². The monoisotopic (exact) mass is 277 g/mol. The number of anilines is 1. The molecule has 0 bridgehead atoms. The van der Waals surface area contributed by atoms with Gasteiger partial charge in [0.15, 0.2) is 0 Å². The molecule has 7 heteroatoms. The molecule has 1 aliphatic heterocycles. The van der Waals surface area contributed by atoms with Gasteiger partial charge in [-0.15, -0.1) is 11.3 Å². The number of aromatic nitrogens is 2. The Morgan fingerprint density at radius 1 is 1.58 bits per heavy atom. The van der Waals surface area contributed by atoms with Gasteiger partial charge in [0, 0.05) is 26.7 Å². The Bertz CT molecular complexity index is 599. The third kappa shape index (κ3) is 2.15. The van der Waals surface area contributed by atoms with Crippen molar-refractivity contribution in [2.45, 2.75) is 6.04 Å². The maximum atomic E-state index is 12.0. The fraction of sp³-hybridized carbons (Fsp3) is 0.417. The van der Waals surface area contributed by atoms with Crippen LogP contribution in [-0.2, 0) is 4.79 Å². The van der Waals surface area contributed by atoms with Crippen LogP contribution in [0.1, 0.15) is 0 Å². The summed E-state index contributed by atoms with van der Waals surface area (Å²) in [7, 11) is 1.66. The van der Waals surface area contributed by atoms with Gasteiger partial charge in [-0.05, 0) is 11.4 Å². The first-order valence-corrected chi connectivity index (χ1v) is 7.06. The molecule has 2 N–H and O–H groups in total. The van der Waals surface area contributed by atoms with Crippen molar-refractivity contribution in [1.82, 2.24) is 20.6 Å². The highest BCUT2D eigenvalue weighted by Gasteiger charge is 2.30. The molecule has 0 aliphatic carbocycles. The normalized spacial score (nSPS) is 19.6. The lowest BCUT2D eigenvalue weighted by Gasteiger charge is -2.35. The Balaban J connectivity index is 2.02. The molecule has 19 heavy (non-hydrogen) atoms. The van der Waals surface area contributed by atoms with Crippen molar-refractivity contribution in [3.63, 3.8) is 0 Å². The van der Waals surface area contributed by atoms with E-state index in [0.717, 1.165) is 29.1 Å². The number of hydrogen-bond acceptors (Lipinski definition) is 6. The molecule has 6 nitrogen and oxygen atoms in total. The molecule has 0 spiro atoms.